The maximum absolute atomic E-state index is 13.2. The largest absolute Gasteiger partial charge is 0.327 e. The molecule has 0 aromatic heterocycles. The van der Waals surface area contributed by atoms with E-state index in [9.17, 15) is 18.8 Å². The monoisotopic (exact) mass is 444 g/mol. The SMILES string of the molecule is O=C(CN1C(=O)N(Cc2ccc(F)cc2)C(=O)C2NCCCC21)Nc1cccc(Cl)c1. The van der Waals surface area contributed by atoms with Crippen LogP contribution in [-0.4, -0.2) is 52.8 Å². The molecular formula is C22H22ClFN4O3. The number of nitrogens with zero attached hydrogens (tertiary/aromatic N) is 2. The summed E-state index contributed by atoms with van der Waals surface area (Å²) in [6.07, 6.45) is 1.43. The number of halogens is 2. The van der Waals surface area contributed by atoms with Crippen LogP contribution in [0.4, 0.5) is 14.9 Å². The van der Waals surface area contributed by atoms with Crippen LogP contribution in [0.1, 0.15) is 18.4 Å². The van der Waals surface area contributed by atoms with Crippen molar-refractivity contribution < 1.29 is 18.8 Å². The van der Waals surface area contributed by atoms with Gasteiger partial charge in [0.1, 0.15) is 18.4 Å². The molecule has 162 valence electrons. The second-order valence-electron chi connectivity index (χ2n) is 7.66. The summed E-state index contributed by atoms with van der Waals surface area (Å²) in [5.41, 5.74) is 1.15. The van der Waals surface area contributed by atoms with Crippen LogP contribution in [0.2, 0.25) is 5.02 Å². The molecule has 2 aliphatic heterocycles. The topological polar surface area (TPSA) is 81.8 Å². The van der Waals surface area contributed by atoms with E-state index in [2.05, 4.69) is 10.6 Å². The zero-order valence-corrected chi connectivity index (χ0v) is 17.4. The van der Waals surface area contributed by atoms with Gasteiger partial charge in [-0.25, -0.2) is 9.18 Å². The molecule has 2 aromatic rings. The number of anilines is 1. The van der Waals surface area contributed by atoms with E-state index in [1.165, 1.54) is 29.2 Å². The minimum absolute atomic E-state index is 0.00919. The van der Waals surface area contributed by atoms with Crippen LogP contribution in [0.15, 0.2) is 48.5 Å². The Morgan fingerprint density at radius 1 is 1.19 bits per heavy atom. The lowest BCUT2D eigenvalue weighted by Crippen LogP contribution is -2.70. The average molecular weight is 445 g/mol. The third-order valence-corrected chi connectivity index (χ3v) is 5.75. The Balaban J connectivity index is 1.54. The molecule has 2 aromatic carbocycles. The summed E-state index contributed by atoms with van der Waals surface area (Å²) in [5, 5.41) is 6.41. The first kappa shape index (κ1) is 21.3. The van der Waals surface area contributed by atoms with Crippen molar-refractivity contribution in [2.45, 2.75) is 31.5 Å². The third kappa shape index (κ3) is 4.70. The molecule has 2 atom stereocenters. The maximum Gasteiger partial charge on any atom is 0.327 e. The standard InChI is InChI=1S/C22H22ClFN4O3/c23-15-3-1-4-17(11-15)26-19(29)13-27-18-5-2-10-25-20(18)21(30)28(22(27)31)12-14-6-8-16(24)9-7-14/h1,3-4,6-9,11,18,20,25H,2,5,10,12-13H2,(H,26,29). The van der Waals surface area contributed by atoms with Crippen molar-refractivity contribution in [3.8, 4) is 0 Å². The molecular weight excluding hydrogens is 423 g/mol. The van der Waals surface area contributed by atoms with Gasteiger partial charge >= 0.3 is 6.03 Å². The summed E-state index contributed by atoms with van der Waals surface area (Å²) in [7, 11) is 0. The molecule has 7 nitrogen and oxygen atoms in total. The lowest BCUT2D eigenvalue weighted by Gasteiger charge is -2.46. The van der Waals surface area contributed by atoms with Gasteiger partial charge in [0.25, 0.3) is 0 Å². The van der Waals surface area contributed by atoms with Gasteiger partial charge in [-0.2, -0.15) is 0 Å². The number of carbonyl (C=O) groups excluding carboxylic acids is 3. The molecule has 31 heavy (non-hydrogen) atoms. The second kappa shape index (κ2) is 9.03. The molecule has 2 unspecified atom stereocenters. The summed E-state index contributed by atoms with van der Waals surface area (Å²) in [5.74, 6) is -1.10. The molecule has 2 fully saturated rings. The number of fused-ring (bicyclic) bond motifs is 1. The minimum atomic E-state index is -0.578. The van der Waals surface area contributed by atoms with Crippen molar-refractivity contribution in [1.82, 2.24) is 15.1 Å². The van der Waals surface area contributed by atoms with Crippen LogP contribution in [0.3, 0.4) is 0 Å². The summed E-state index contributed by atoms with van der Waals surface area (Å²) in [6, 6.07) is 10.9. The zero-order valence-electron chi connectivity index (χ0n) is 16.7. The summed E-state index contributed by atoms with van der Waals surface area (Å²) < 4.78 is 13.2. The van der Waals surface area contributed by atoms with Crippen molar-refractivity contribution in [3.63, 3.8) is 0 Å². The van der Waals surface area contributed by atoms with Crippen LogP contribution in [-0.2, 0) is 16.1 Å². The number of urea groups is 1. The number of carbonyl (C=O) groups is 3. The number of imide groups is 1. The molecule has 9 heteroatoms. The maximum atomic E-state index is 13.2. The van der Waals surface area contributed by atoms with Gasteiger partial charge in [-0.15, -0.1) is 0 Å². The van der Waals surface area contributed by atoms with Crippen LogP contribution in [0, 0.1) is 5.82 Å². The van der Waals surface area contributed by atoms with Crippen LogP contribution < -0.4 is 10.6 Å². The van der Waals surface area contributed by atoms with E-state index in [1.807, 2.05) is 0 Å². The highest BCUT2D eigenvalue weighted by atomic mass is 35.5. The molecule has 2 aliphatic rings. The lowest BCUT2D eigenvalue weighted by molar-refractivity contribution is -0.138. The van der Waals surface area contributed by atoms with Crippen LogP contribution >= 0.6 is 11.6 Å². The molecule has 4 amide bonds. The van der Waals surface area contributed by atoms with Crippen LogP contribution in [0.25, 0.3) is 0 Å². The summed E-state index contributed by atoms with van der Waals surface area (Å²) >= 11 is 5.96. The highest BCUT2D eigenvalue weighted by Crippen LogP contribution is 2.26. The van der Waals surface area contributed by atoms with Gasteiger partial charge in [-0.1, -0.05) is 29.8 Å². The fraction of sp³-hybridized carbons (Fsp3) is 0.318. The number of hydrogen-bond donors (Lipinski definition) is 2. The van der Waals surface area contributed by atoms with Gasteiger partial charge in [-0.3, -0.25) is 14.5 Å². The smallest absolute Gasteiger partial charge is 0.324 e. The molecule has 4 rings (SSSR count). The quantitative estimate of drug-likeness (QED) is 0.742. The van der Waals surface area contributed by atoms with Crippen LogP contribution in [0.5, 0.6) is 0 Å². The molecule has 0 radical (unpaired) electrons. The Bertz CT molecular complexity index is 1000. The van der Waals surface area contributed by atoms with E-state index in [0.717, 1.165) is 11.3 Å². The number of nitrogens with one attached hydrogen (secondary N) is 2. The molecule has 2 heterocycles. The first-order valence-electron chi connectivity index (χ1n) is 10.1. The Morgan fingerprint density at radius 3 is 2.71 bits per heavy atom. The zero-order chi connectivity index (χ0) is 22.0. The van der Waals surface area contributed by atoms with E-state index in [4.69, 9.17) is 11.6 Å². The fourth-order valence-electron chi connectivity index (χ4n) is 4.04. The van der Waals surface area contributed by atoms with Gasteiger partial charge in [0, 0.05) is 10.7 Å². The molecule has 0 bridgehead atoms. The predicted molar refractivity (Wildman–Crippen MR) is 114 cm³/mol. The van der Waals surface area contributed by atoms with Crippen molar-refractivity contribution in [2.75, 3.05) is 18.4 Å². The molecule has 0 saturated carbocycles. The number of piperidine rings is 1. The summed E-state index contributed by atoms with van der Waals surface area (Å²) in [4.78, 5) is 41.5. The third-order valence-electron chi connectivity index (χ3n) is 5.51. The van der Waals surface area contributed by atoms with Crippen molar-refractivity contribution >= 4 is 35.1 Å². The van der Waals surface area contributed by atoms with Crippen molar-refractivity contribution in [3.05, 3.63) is 64.9 Å². The summed E-state index contributed by atoms with van der Waals surface area (Å²) in [6.45, 7) is 0.477. The number of benzene rings is 2. The highest BCUT2D eigenvalue weighted by molar-refractivity contribution is 6.30. The molecule has 2 saturated heterocycles. The van der Waals surface area contributed by atoms with E-state index in [1.54, 1.807) is 24.3 Å². The van der Waals surface area contributed by atoms with Gasteiger partial charge in [0.05, 0.1) is 12.6 Å². The Labute approximate surface area is 184 Å². The molecule has 0 spiro atoms. The van der Waals surface area contributed by atoms with Gasteiger partial charge in [0.2, 0.25) is 11.8 Å². The fourth-order valence-corrected chi connectivity index (χ4v) is 4.23. The second-order valence-corrected chi connectivity index (χ2v) is 8.10. The molecule has 2 N–H and O–H groups in total. The number of amides is 4. The Morgan fingerprint density at radius 2 is 1.97 bits per heavy atom. The highest BCUT2D eigenvalue weighted by Gasteiger charge is 2.47. The normalized spacial score (nSPS) is 21.1. The number of hydrogen-bond acceptors (Lipinski definition) is 4. The van der Waals surface area contributed by atoms with Gasteiger partial charge in [0.15, 0.2) is 0 Å². The minimum Gasteiger partial charge on any atom is -0.324 e. The van der Waals surface area contributed by atoms with Crippen molar-refractivity contribution in [2.24, 2.45) is 0 Å². The first-order valence-corrected chi connectivity index (χ1v) is 10.5. The lowest BCUT2D eigenvalue weighted by atomic mass is 9.93. The van der Waals surface area contributed by atoms with E-state index < -0.39 is 23.9 Å². The van der Waals surface area contributed by atoms with Gasteiger partial charge < -0.3 is 15.5 Å². The first-order chi connectivity index (χ1) is 14.9. The Kier molecular flexibility index (Phi) is 6.20. The molecule has 0 aliphatic carbocycles. The predicted octanol–water partition coefficient (Wildman–Crippen LogP) is 3.00. The van der Waals surface area contributed by atoms with Crippen molar-refractivity contribution in [1.29, 1.82) is 0 Å². The van der Waals surface area contributed by atoms with Gasteiger partial charge in [-0.05, 0) is 55.3 Å². The van der Waals surface area contributed by atoms with E-state index in [0.29, 0.717) is 29.2 Å². The average Bonchev–Trinajstić information content (AvgIpc) is 2.75. The van der Waals surface area contributed by atoms with E-state index in [-0.39, 0.29) is 24.9 Å². The number of rotatable bonds is 5. The van der Waals surface area contributed by atoms with E-state index >= 15 is 0 Å². The Hall–Kier alpha value is -2.97.